The Bertz CT molecular complexity index is 870. The smallest absolute Gasteiger partial charge is 0.305 e. The number of carbonyl (C=O) groups excluding carboxylic acids is 1. The molecule has 4 rings (SSSR count). The SMILES string of the molecule is CCCCCCCCCCCCCCCCCC(=O)OCC(C)CCC[C@@H](C)[C@H]1CC[C@H]2[C@@H]3CCC4CCCC[C@]4(C)[C@H]3CC[C@]12C.O. The van der Waals surface area contributed by atoms with Gasteiger partial charge in [-0.05, 0) is 116 Å². The van der Waals surface area contributed by atoms with Gasteiger partial charge in [-0.25, -0.2) is 0 Å². The summed E-state index contributed by atoms with van der Waals surface area (Å²) in [6, 6.07) is 0. The Hall–Kier alpha value is -0.570. The molecule has 282 valence electrons. The Kier molecular flexibility index (Phi) is 18.9. The van der Waals surface area contributed by atoms with Crippen LogP contribution in [0, 0.1) is 52.3 Å². The lowest BCUT2D eigenvalue weighted by molar-refractivity contribution is -0.145. The van der Waals surface area contributed by atoms with Crippen LogP contribution in [0.5, 0.6) is 0 Å². The number of hydrogen-bond acceptors (Lipinski definition) is 2. The number of carbonyl (C=O) groups is 1. The molecular weight excluding hydrogens is 588 g/mol. The largest absolute Gasteiger partial charge is 0.465 e. The lowest BCUT2D eigenvalue weighted by atomic mass is 9.44. The van der Waals surface area contributed by atoms with Crippen molar-refractivity contribution < 1.29 is 15.0 Å². The Labute approximate surface area is 300 Å². The van der Waals surface area contributed by atoms with E-state index in [9.17, 15) is 4.79 Å². The summed E-state index contributed by atoms with van der Waals surface area (Å²) in [6.45, 7) is 13.3. The molecule has 4 saturated carbocycles. The van der Waals surface area contributed by atoms with Crippen molar-refractivity contribution in [3.63, 3.8) is 0 Å². The van der Waals surface area contributed by atoms with Crippen LogP contribution in [0.15, 0.2) is 0 Å². The minimum Gasteiger partial charge on any atom is -0.465 e. The molecule has 0 aromatic heterocycles. The fourth-order valence-corrected chi connectivity index (χ4v) is 12.3. The molecule has 0 radical (unpaired) electrons. The Morgan fingerprint density at radius 3 is 1.90 bits per heavy atom. The van der Waals surface area contributed by atoms with Crippen LogP contribution in [0.25, 0.3) is 0 Å². The van der Waals surface area contributed by atoms with E-state index in [1.165, 1.54) is 167 Å². The van der Waals surface area contributed by atoms with Gasteiger partial charge in [-0.3, -0.25) is 4.79 Å². The summed E-state index contributed by atoms with van der Waals surface area (Å²) in [7, 11) is 0. The van der Waals surface area contributed by atoms with E-state index in [0.29, 0.717) is 29.8 Å². The summed E-state index contributed by atoms with van der Waals surface area (Å²) >= 11 is 0. The zero-order valence-corrected chi connectivity index (χ0v) is 33.1. The second kappa shape index (κ2) is 21.7. The maximum Gasteiger partial charge on any atom is 0.305 e. The van der Waals surface area contributed by atoms with Gasteiger partial charge in [0.25, 0.3) is 0 Å². The molecule has 3 nitrogen and oxygen atoms in total. The first-order chi connectivity index (χ1) is 22.8. The maximum absolute atomic E-state index is 12.4. The molecule has 48 heavy (non-hydrogen) atoms. The van der Waals surface area contributed by atoms with E-state index < -0.39 is 0 Å². The summed E-state index contributed by atoms with van der Waals surface area (Å²) in [5.41, 5.74) is 1.25. The summed E-state index contributed by atoms with van der Waals surface area (Å²) in [5.74, 6) is 6.36. The molecule has 0 saturated heterocycles. The summed E-state index contributed by atoms with van der Waals surface area (Å²) in [5, 5.41) is 0. The van der Waals surface area contributed by atoms with Gasteiger partial charge in [0.15, 0.2) is 0 Å². The molecule has 0 aromatic rings. The van der Waals surface area contributed by atoms with Crippen molar-refractivity contribution in [3.05, 3.63) is 0 Å². The van der Waals surface area contributed by atoms with Crippen LogP contribution in [0.1, 0.15) is 221 Å². The van der Waals surface area contributed by atoms with Gasteiger partial charge in [0.1, 0.15) is 0 Å². The number of unbranched alkanes of at least 4 members (excludes halogenated alkanes) is 14. The fourth-order valence-electron chi connectivity index (χ4n) is 12.3. The molecule has 0 aromatic carbocycles. The predicted octanol–water partition coefficient (Wildman–Crippen LogP) is 13.5. The molecule has 4 fully saturated rings. The van der Waals surface area contributed by atoms with Crippen LogP contribution in [0.2, 0.25) is 0 Å². The van der Waals surface area contributed by atoms with Crippen LogP contribution >= 0.6 is 0 Å². The van der Waals surface area contributed by atoms with Crippen molar-refractivity contribution in [1.82, 2.24) is 0 Å². The first-order valence-corrected chi connectivity index (χ1v) is 21.9. The van der Waals surface area contributed by atoms with Gasteiger partial charge in [-0.1, -0.05) is 150 Å². The van der Waals surface area contributed by atoms with Crippen LogP contribution < -0.4 is 0 Å². The monoisotopic (exact) mass is 673 g/mol. The second-order valence-corrected chi connectivity index (χ2v) is 18.5. The van der Waals surface area contributed by atoms with Gasteiger partial charge in [-0.15, -0.1) is 0 Å². The molecule has 0 heterocycles. The lowest BCUT2D eigenvalue weighted by Crippen LogP contribution is -2.53. The third kappa shape index (κ3) is 11.7. The van der Waals surface area contributed by atoms with Gasteiger partial charge in [0, 0.05) is 6.42 Å². The zero-order valence-electron chi connectivity index (χ0n) is 33.1. The van der Waals surface area contributed by atoms with Crippen molar-refractivity contribution in [2.24, 2.45) is 52.3 Å². The second-order valence-electron chi connectivity index (χ2n) is 18.5. The van der Waals surface area contributed by atoms with Crippen molar-refractivity contribution >= 4 is 5.97 Å². The Balaban J connectivity index is 0.00000625. The van der Waals surface area contributed by atoms with Crippen molar-refractivity contribution in [3.8, 4) is 0 Å². The molecule has 0 aliphatic heterocycles. The third-order valence-electron chi connectivity index (χ3n) is 15.2. The minimum absolute atomic E-state index is 0. The number of esters is 1. The van der Waals surface area contributed by atoms with Gasteiger partial charge >= 0.3 is 5.97 Å². The molecule has 3 heteroatoms. The molecule has 0 spiro atoms. The summed E-state index contributed by atoms with van der Waals surface area (Å²) < 4.78 is 5.72. The molecule has 4 aliphatic carbocycles. The zero-order chi connectivity index (χ0) is 33.5. The molecule has 4 aliphatic rings. The van der Waals surface area contributed by atoms with Crippen molar-refractivity contribution in [2.75, 3.05) is 6.61 Å². The highest BCUT2D eigenvalue weighted by atomic mass is 16.5. The molecule has 2 N–H and O–H groups in total. The Morgan fingerprint density at radius 2 is 1.25 bits per heavy atom. The van der Waals surface area contributed by atoms with E-state index in [1.807, 2.05) is 0 Å². The van der Waals surface area contributed by atoms with Gasteiger partial charge in [-0.2, -0.15) is 0 Å². The molecule has 2 unspecified atom stereocenters. The number of rotatable bonds is 23. The van der Waals surface area contributed by atoms with Gasteiger partial charge in [0.05, 0.1) is 6.61 Å². The van der Waals surface area contributed by atoms with E-state index in [4.69, 9.17) is 4.74 Å². The highest BCUT2D eigenvalue weighted by Gasteiger charge is 2.60. The topological polar surface area (TPSA) is 57.8 Å². The van der Waals surface area contributed by atoms with E-state index >= 15 is 0 Å². The van der Waals surface area contributed by atoms with E-state index in [1.54, 1.807) is 6.42 Å². The van der Waals surface area contributed by atoms with Crippen LogP contribution in [-0.2, 0) is 9.53 Å². The van der Waals surface area contributed by atoms with E-state index in [0.717, 1.165) is 41.9 Å². The number of ether oxygens (including phenoxy) is 1. The standard InChI is InChI=1S/C45H82O2.H2O/c1-6-7-8-9-10-11-12-13-14-15-16-17-18-19-20-27-43(46)47-35-36(2)24-23-25-37(3)40-30-31-41-39-29-28-38-26-21-22-33-44(38,4)42(39)32-34-45(40,41)5;/h36-42H,6-35H2,1-5H3;1H2/t36?,37-,38?,39+,40-,41+,42+,44+,45-;/m1./s1. The van der Waals surface area contributed by atoms with E-state index in [2.05, 4.69) is 34.6 Å². The number of fused-ring (bicyclic) bond motifs is 5. The highest BCUT2D eigenvalue weighted by molar-refractivity contribution is 5.69. The Morgan fingerprint density at radius 1 is 0.646 bits per heavy atom. The number of hydrogen-bond donors (Lipinski definition) is 0. The van der Waals surface area contributed by atoms with Gasteiger partial charge in [0.2, 0.25) is 0 Å². The first-order valence-electron chi connectivity index (χ1n) is 21.9. The fraction of sp³-hybridized carbons (Fsp3) is 0.978. The molecule has 0 amide bonds. The summed E-state index contributed by atoms with van der Waals surface area (Å²) in [4.78, 5) is 12.4. The van der Waals surface area contributed by atoms with Crippen LogP contribution in [-0.4, -0.2) is 18.1 Å². The average Bonchev–Trinajstić information content (AvgIpc) is 3.42. The van der Waals surface area contributed by atoms with Gasteiger partial charge < -0.3 is 10.2 Å². The molecule has 9 atom stereocenters. The first kappa shape index (κ1) is 41.8. The average molecular weight is 673 g/mol. The van der Waals surface area contributed by atoms with Crippen molar-refractivity contribution in [2.45, 2.75) is 221 Å². The minimum atomic E-state index is 0. The molecular formula is C45H84O3. The van der Waals surface area contributed by atoms with Crippen LogP contribution in [0.3, 0.4) is 0 Å². The lowest BCUT2D eigenvalue weighted by Gasteiger charge is -2.61. The summed E-state index contributed by atoms with van der Waals surface area (Å²) in [6.07, 6.45) is 40.0. The normalized spacial score (nSPS) is 32.4. The van der Waals surface area contributed by atoms with E-state index in [-0.39, 0.29) is 11.4 Å². The quantitative estimate of drug-likeness (QED) is 0.0801. The third-order valence-corrected chi connectivity index (χ3v) is 15.2. The molecule has 0 bridgehead atoms. The van der Waals surface area contributed by atoms with Crippen molar-refractivity contribution in [1.29, 1.82) is 0 Å². The highest BCUT2D eigenvalue weighted by Crippen LogP contribution is 2.68. The maximum atomic E-state index is 12.4. The predicted molar refractivity (Wildman–Crippen MR) is 206 cm³/mol. The van der Waals surface area contributed by atoms with Crippen LogP contribution in [0.4, 0.5) is 0 Å².